The van der Waals surface area contributed by atoms with E-state index in [1.54, 1.807) is 37.6 Å². The molecule has 7 heteroatoms. The minimum Gasteiger partial charge on any atom is -0.497 e. The third-order valence-electron chi connectivity index (χ3n) is 4.63. The van der Waals surface area contributed by atoms with Crippen molar-refractivity contribution in [1.29, 1.82) is 0 Å². The number of oxazole rings is 1. The van der Waals surface area contributed by atoms with Crippen LogP contribution in [0.3, 0.4) is 0 Å². The molecule has 0 fully saturated rings. The highest BCUT2D eigenvalue weighted by Crippen LogP contribution is 2.31. The zero-order valence-corrected chi connectivity index (χ0v) is 16.2. The van der Waals surface area contributed by atoms with Crippen LogP contribution < -0.4 is 14.8 Å². The molecule has 29 heavy (non-hydrogen) atoms. The second kappa shape index (κ2) is 7.63. The zero-order valence-electron chi connectivity index (χ0n) is 16.2. The van der Waals surface area contributed by atoms with Crippen LogP contribution in [0.25, 0.3) is 22.7 Å². The maximum atomic E-state index is 12.9. The largest absolute Gasteiger partial charge is 0.497 e. The number of carbonyl (C=O) groups excluding carboxylic acids is 1. The van der Waals surface area contributed by atoms with Crippen LogP contribution >= 0.6 is 0 Å². The highest BCUT2D eigenvalue weighted by molar-refractivity contribution is 6.07. The topological polar surface area (TPSA) is 86.5 Å². The van der Waals surface area contributed by atoms with Gasteiger partial charge in [0.25, 0.3) is 5.91 Å². The summed E-state index contributed by atoms with van der Waals surface area (Å²) < 4.78 is 16.3. The maximum absolute atomic E-state index is 12.9. The van der Waals surface area contributed by atoms with Crippen LogP contribution in [-0.2, 0) is 0 Å². The fourth-order valence-electron chi connectivity index (χ4n) is 3.06. The lowest BCUT2D eigenvalue weighted by atomic mass is 10.1. The van der Waals surface area contributed by atoms with Crippen molar-refractivity contribution in [3.8, 4) is 23.0 Å². The Morgan fingerprint density at radius 2 is 1.93 bits per heavy atom. The maximum Gasteiger partial charge on any atom is 0.259 e. The Balaban J connectivity index is 1.66. The predicted molar refractivity (Wildman–Crippen MR) is 109 cm³/mol. The summed E-state index contributed by atoms with van der Waals surface area (Å²) in [6.45, 7) is 1.90. The van der Waals surface area contributed by atoms with Crippen LogP contribution in [0.5, 0.6) is 11.5 Å². The molecule has 146 valence electrons. The van der Waals surface area contributed by atoms with Crippen molar-refractivity contribution in [3.05, 3.63) is 65.9 Å². The van der Waals surface area contributed by atoms with E-state index >= 15 is 0 Å². The molecule has 2 aromatic carbocycles. The van der Waals surface area contributed by atoms with Crippen LogP contribution in [0.2, 0.25) is 0 Å². The quantitative estimate of drug-likeness (QED) is 0.542. The molecule has 4 aromatic rings. The number of methoxy groups -OCH3 is 2. The Bertz CT molecular complexity index is 1170. The lowest BCUT2D eigenvalue weighted by Gasteiger charge is -2.13. The van der Waals surface area contributed by atoms with Crippen LogP contribution in [-0.4, -0.2) is 30.1 Å². The SMILES string of the molecule is COc1ccc(C(=O)Nc2cccc(-c3nc4ncccc4o3)c2C)c(OC)c1. The Morgan fingerprint density at radius 1 is 1.07 bits per heavy atom. The number of pyridine rings is 1. The van der Waals surface area contributed by atoms with Crippen LogP contribution in [0, 0.1) is 6.92 Å². The fraction of sp³-hybridized carbons (Fsp3) is 0.136. The van der Waals surface area contributed by atoms with Crippen molar-refractivity contribution >= 4 is 22.8 Å². The summed E-state index contributed by atoms with van der Waals surface area (Å²) in [6, 6.07) is 14.2. The van der Waals surface area contributed by atoms with Gasteiger partial charge < -0.3 is 19.2 Å². The van der Waals surface area contributed by atoms with E-state index in [2.05, 4.69) is 15.3 Å². The summed E-state index contributed by atoms with van der Waals surface area (Å²) in [6.07, 6.45) is 1.67. The molecule has 2 heterocycles. The molecule has 0 unspecified atom stereocenters. The Morgan fingerprint density at radius 3 is 2.69 bits per heavy atom. The minimum atomic E-state index is -0.288. The van der Waals surface area contributed by atoms with E-state index in [1.165, 1.54) is 7.11 Å². The first-order valence-electron chi connectivity index (χ1n) is 8.95. The number of nitrogens with zero attached hydrogens (tertiary/aromatic N) is 2. The molecule has 4 rings (SSSR count). The van der Waals surface area contributed by atoms with Crippen molar-refractivity contribution in [3.63, 3.8) is 0 Å². The summed E-state index contributed by atoms with van der Waals surface area (Å²) >= 11 is 0. The van der Waals surface area contributed by atoms with Gasteiger partial charge in [0.2, 0.25) is 5.89 Å². The molecule has 1 amide bonds. The Hall–Kier alpha value is -3.87. The van der Waals surface area contributed by atoms with Gasteiger partial charge in [-0.1, -0.05) is 6.07 Å². The van der Waals surface area contributed by atoms with Gasteiger partial charge in [0.05, 0.1) is 19.8 Å². The molecule has 0 saturated carbocycles. The van der Waals surface area contributed by atoms with Crippen LogP contribution in [0.1, 0.15) is 15.9 Å². The lowest BCUT2D eigenvalue weighted by molar-refractivity contribution is 0.102. The molecule has 0 spiro atoms. The molecule has 0 atom stereocenters. The minimum absolute atomic E-state index is 0.288. The van der Waals surface area contributed by atoms with Crippen molar-refractivity contribution < 1.29 is 18.7 Å². The fourth-order valence-corrected chi connectivity index (χ4v) is 3.06. The average molecular weight is 389 g/mol. The number of ether oxygens (including phenoxy) is 2. The number of rotatable bonds is 5. The van der Waals surface area contributed by atoms with Gasteiger partial charge in [-0.05, 0) is 48.9 Å². The van der Waals surface area contributed by atoms with Gasteiger partial charge in [0.1, 0.15) is 11.5 Å². The van der Waals surface area contributed by atoms with E-state index in [0.29, 0.717) is 39.9 Å². The van der Waals surface area contributed by atoms with Crippen LogP contribution in [0.4, 0.5) is 5.69 Å². The number of fused-ring (bicyclic) bond motifs is 1. The van der Waals surface area contributed by atoms with E-state index in [0.717, 1.165) is 11.1 Å². The van der Waals surface area contributed by atoms with Crippen LogP contribution in [0.15, 0.2) is 59.1 Å². The van der Waals surface area contributed by atoms with Gasteiger partial charge in [-0.3, -0.25) is 4.79 Å². The Kier molecular flexibility index (Phi) is 4.87. The van der Waals surface area contributed by atoms with E-state index in [-0.39, 0.29) is 5.91 Å². The predicted octanol–water partition coefficient (Wildman–Crippen LogP) is 4.47. The summed E-state index contributed by atoms with van der Waals surface area (Å²) in [5, 5.41) is 2.94. The number of carbonyl (C=O) groups is 1. The molecule has 7 nitrogen and oxygen atoms in total. The monoisotopic (exact) mass is 389 g/mol. The number of aromatic nitrogens is 2. The molecular formula is C22H19N3O4. The number of anilines is 1. The van der Waals surface area contributed by atoms with E-state index in [4.69, 9.17) is 13.9 Å². The van der Waals surface area contributed by atoms with Gasteiger partial charge in [-0.2, -0.15) is 4.98 Å². The second-order valence-corrected chi connectivity index (χ2v) is 6.34. The molecule has 0 aliphatic carbocycles. The molecular weight excluding hydrogens is 370 g/mol. The van der Waals surface area contributed by atoms with E-state index < -0.39 is 0 Å². The molecule has 0 saturated heterocycles. The standard InChI is InChI=1S/C22H19N3O4/c1-13-15(22-25-20-18(29-22)8-5-11-23-20)6-4-7-17(13)24-21(26)16-10-9-14(27-2)12-19(16)28-3/h4-12H,1-3H3,(H,24,26). The molecule has 1 N–H and O–H groups in total. The summed E-state index contributed by atoms with van der Waals surface area (Å²) in [5.41, 5.74) is 3.82. The summed E-state index contributed by atoms with van der Waals surface area (Å²) in [5.74, 6) is 1.21. The van der Waals surface area contributed by atoms with Gasteiger partial charge in [-0.15, -0.1) is 0 Å². The molecule has 0 aliphatic rings. The third-order valence-corrected chi connectivity index (χ3v) is 4.63. The van der Waals surface area contributed by atoms with Crippen molar-refractivity contribution in [2.75, 3.05) is 19.5 Å². The van der Waals surface area contributed by atoms with Gasteiger partial charge in [0.15, 0.2) is 11.2 Å². The van der Waals surface area contributed by atoms with Crippen molar-refractivity contribution in [1.82, 2.24) is 9.97 Å². The third kappa shape index (κ3) is 3.50. The summed E-state index contributed by atoms with van der Waals surface area (Å²) in [7, 11) is 3.07. The first-order chi connectivity index (χ1) is 14.1. The highest BCUT2D eigenvalue weighted by Gasteiger charge is 2.17. The van der Waals surface area contributed by atoms with Gasteiger partial charge in [0, 0.05) is 23.5 Å². The van der Waals surface area contributed by atoms with Crippen molar-refractivity contribution in [2.24, 2.45) is 0 Å². The molecule has 0 aliphatic heterocycles. The molecule has 0 bridgehead atoms. The first kappa shape index (κ1) is 18.5. The smallest absolute Gasteiger partial charge is 0.259 e. The van der Waals surface area contributed by atoms with E-state index in [9.17, 15) is 4.79 Å². The lowest BCUT2D eigenvalue weighted by Crippen LogP contribution is -2.14. The molecule has 0 radical (unpaired) electrons. The zero-order chi connectivity index (χ0) is 20.4. The van der Waals surface area contributed by atoms with E-state index in [1.807, 2.05) is 31.2 Å². The van der Waals surface area contributed by atoms with Crippen molar-refractivity contribution in [2.45, 2.75) is 6.92 Å². The summed E-state index contributed by atoms with van der Waals surface area (Å²) in [4.78, 5) is 21.5. The van der Waals surface area contributed by atoms with Gasteiger partial charge in [-0.25, -0.2) is 4.98 Å². The number of benzene rings is 2. The highest BCUT2D eigenvalue weighted by atomic mass is 16.5. The molecule has 2 aromatic heterocycles. The average Bonchev–Trinajstić information content (AvgIpc) is 3.18. The Labute approximate surface area is 167 Å². The number of amides is 1. The number of nitrogens with one attached hydrogen (secondary N) is 1. The number of hydrogen-bond acceptors (Lipinski definition) is 6. The first-order valence-corrected chi connectivity index (χ1v) is 8.95. The normalized spacial score (nSPS) is 10.7. The second-order valence-electron chi connectivity index (χ2n) is 6.34. The van der Waals surface area contributed by atoms with Gasteiger partial charge >= 0.3 is 0 Å². The number of hydrogen-bond donors (Lipinski definition) is 1.